The van der Waals surface area contributed by atoms with Crippen LogP contribution in [0.2, 0.25) is 0 Å². The molecule has 0 aliphatic carbocycles. The van der Waals surface area contributed by atoms with Crippen molar-refractivity contribution in [1.29, 1.82) is 0 Å². The van der Waals surface area contributed by atoms with E-state index >= 15 is 0 Å². The lowest BCUT2D eigenvalue weighted by Gasteiger charge is -2.35. The number of amides is 3. The number of esters is 1. The number of rotatable bonds is 5. The minimum absolute atomic E-state index is 0.00399. The van der Waals surface area contributed by atoms with Gasteiger partial charge in [-0.2, -0.15) is 0 Å². The van der Waals surface area contributed by atoms with Crippen LogP contribution in [0.5, 0.6) is 0 Å². The molecule has 0 bridgehead atoms. The topological polar surface area (TPSA) is 106 Å². The van der Waals surface area contributed by atoms with Crippen LogP contribution in [0.3, 0.4) is 0 Å². The Bertz CT molecular complexity index is 1020. The van der Waals surface area contributed by atoms with Gasteiger partial charge in [0.2, 0.25) is 0 Å². The predicted molar refractivity (Wildman–Crippen MR) is 106 cm³/mol. The van der Waals surface area contributed by atoms with E-state index in [2.05, 4.69) is 0 Å². The predicted octanol–water partition coefficient (Wildman–Crippen LogP) is 1.87. The standard InChI is InChI=1S/C22H22N2O7/c1-13-9-23(10-14(2)31-13)19(25)12-30-22(28)15-5-6-17-18(8-15)21(27)24(20(17)26)11-16-4-3-7-29-16/h3-8,13-14H,9-12H2,1-2H3. The molecule has 3 heterocycles. The lowest BCUT2D eigenvalue weighted by molar-refractivity contribution is -0.146. The Morgan fingerprint density at radius 1 is 1.06 bits per heavy atom. The summed E-state index contributed by atoms with van der Waals surface area (Å²) >= 11 is 0. The number of morpholine rings is 1. The Morgan fingerprint density at radius 3 is 2.45 bits per heavy atom. The van der Waals surface area contributed by atoms with Crippen molar-refractivity contribution in [1.82, 2.24) is 9.80 Å². The van der Waals surface area contributed by atoms with E-state index in [4.69, 9.17) is 13.9 Å². The van der Waals surface area contributed by atoms with Crippen LogP contribution >= 0.6 is 0 Å². The first-order valence-corrected chi connectivity index (χ1v) is 9.96. The summed E-state index contributed by atoms with van der Waals surface area (Å²) in [6, 6.07) is 7.48. The fraction of sp³-hybridized carbons (Fsp3) is 0.364. The summed E-state index contributed by atoms with van der Waals surface area (Å²) in [7, 11) is 0. The van der Waals surface area contributed by atoms with E-state index < -0.39 is 24.4 Å². The molecule has 0 saturated carbocycles. The third-order valence-corrected chi connectivity index (χ3v) is 5.20. The van der Waals surface area contributed by atoms with Crippen molar-refractivity contribution >= 4 is 23.7 Å². The molecule has 1 aromatic heterocycles. The second-order valence-corrected chi connectivity index (χ2v) is 7.67. The highest BCUT2D eigenvalue weighted by Gasteiger charge is 2.36. The van der Waals surface area contributed by atoms with Crippen LogP contribution in [0, 0.1) is 0 Å². The molecule has 4 rings (SSSR count). The fourth-order valence-electron chi connectivity index (χ4n) is 3.80. The summed E-state index contributed by atoms with van der Waals surface area (Å²) < 4.78 is 16.0. The van der Waals surface area contributed by atoms with E-state index in [1.165, 1.54) is 24.5 Å². The van der Waals surface area contributed by atoms with E-state index in [1.54, 1.807) is 17.0 Å². The minimum Gasteiger partial charge on any atom is -0.467 e. The molecule has 2 aromatic rings. The third-order valence-electron chi connectivity index (χ3n) is 5.20. The molecular weight excluding hydrogens is 404 g/mol. The summed E-state index contributed by atoms with van der Waals surface area (Å²) in [5.41, 5.74) is 0.421. The zero-order chi connectivity index (χ0) is 22.1. The van der Waals surface area contributed by atoms with Gasteiger partial charge in [-0.15, -0.1) is 0 Å². The van der Waals surface area contributed by atoms with Crippen molar-refractivity contribution in [2.45, 2.75) is 32.6 Å². The van der Waals surface area contributed by atoms with Crippen LogP contribution in [-0.4, -0.2) is 65.4 Å². The molecule has 9 heteroatoms. The molecule has 0 radical (unpaired) electrons. The Labute approximate surface area is 178 Å². The molecule has 0 N–H and O–H groups in total. The number of carbonyl (C=O) groups is 4. The van der Waals surface area contributed by atoms with Gasteiger partial charge in [0, 0.05) is 13.1 Å². The molecule has 31 heavy (non-hydrogen) atoms. The highest BCUT2D eigenvalue weighted by atomic mass is 16.5. The van der Waals surface area contributed by atoms with E-state index in [1.807, 2.05) is 13.8 Å². The van der Waals surface area contributed by atoms with Crippen molar-refractivity contribution in [3.8, 4) is 0 Å². The van der Waals surface area contributed by atoms with Crippen LogP contribution in [0.1, 0.15) is 50.7 Å². The van der Waals surface area contributed by atoms with Gasteiger partial charge in [0.05, 0.1) is 41.7 Å². The van der Waals surface area contributed by atoms with Gasteiger partial charge in [0.15, 0.2) is 6.61 Å². The van der Waals surface area contributed by atoms with E-state index in [9.17, 15) is 19.2 Å². The molecule has 2 atom stereocenters. The van der Waals surface area contributed by atoms with Crippen LogP contribution in [-0.2, 0) is 20.8 Å². The van der Waals surface area contributed by atoms with Crippen molar-refractivity contribution < 1.29 is 33.1 Å². The number of benzene rings is 1. The molecule has 1 saturated heterocycles. The van der Waals surface area contributed by atoms with Gasteiger partial charge < -0.3 is 18.8 Å². The van der Waals surface area contributed by atoms with Gasteiger partial charge in [-0.05, 0) is 44.2 Å². The van der Waals surface area contributed by atoms with Gasteiger partial charge in [0.1, 0.15) is 5.76 Å². The Hall–Kier alpha value is -3.46. The number of imide groups is 1. The highest BCUT2D eigenvalue weighted by Crippen LogP contribution is 2.26. The highest BCUT2D eigenvalue weighted by molar-refractivity contribution is 6.21. The first-order valence-electron chi connectivity index (χ1n) is 9.96. The number of fused-ring (bicyclic) bond motifs is 1. The smallest absolute Gasteiger partial charge is 0.338 e. The Kier molecular flexibility index (Phi) is 5.60. The van der Waals surface area contributed by atoms with Gasteiger partial charge in [0.25, 0.3) is 17.7 Å². The lowest BCUT2D eigenvalue weighted by Crippen LogP contribution is -2.49. The third kappa shape index (κ3) is 4.22. The zero-order valence-electron chi connectivity index (χ0n) is 17.2. The molecule has 0 spiro atoms. The Balaban J connectivity index is 1.41. The maximum Gasteiger partial charge on any atom is 0.338 e. The van der Waals surface area contributed by atoms with Gasteiger partial charge >= 0.3 is 5.97 Å². The fourth-order valence-corrected chi connectivity index (χ4v) is 3.80. The normalized spacial score (nSPS) is 20.7. The van der Waals surface area contributed by atoms with Gasteiger partial charge in [-0.25, -0.2) is 4.79 Å². The minimum atomic E-state index is -0.741. The van der Waals surface area contributed by atoms with Crippen molar-refractivity contribution in [2.24, 2.45) is 0 Å². The molecule has 2 aliphatic heterocycles. The maximum atomic E-state index is 12.7. The first kappa shape index (κ1) is 20.8. The van der Waals surface area contributed by atoms with Crippen LogP contribution < -0.4 is 0 Å². The van der Waals surface area contributed by atoms with Gasteiger partial charge in [-0.1, -0.05) is 0 Å². The maximum absolute atomic E-state index is 12.7. The number of ether oxygens (including phenoxy) is 2. The summed E-state index contributed by atoms with van der Waals surface area (Å²) in [5.74, 6) is -1.55. The quantitative estimate of drug-likeness (QED) is 0.531. The molecule has 3 amide bonds. The largest absolute Gasteiger partial charge is 0.467 e. The number of nitrogens with zero attached hydrogens (tertiary/aromatic N) is 2. The second kappa shape index (κ2) is 8.35. The molecule has 162 valence electrons. The average Bonchev–Trinajstić information content (AvgIpc) is 3.34. The van der Waals surface area contributed by atoms with Gasteiger partial charge in [-0.3, -0.25) is 19.3 Å². The molecule has 2 unspecified atom stereocenters. The van der Waals surface area contributed by atoms with Crippen molar-refractivity contribution in [3.63, 3.8) is 0 Å². The summed E-state index contributed by atoms with van der Waals surface area (Å²) in [5, 5.41) is 0. The number of hydrogen-bond donors (Lipinski definition) is 0. The second-order valence-electron chi connectivity index (χ2n) is 7.67. The van der Waals surface area contributed by atoms with Crippen molar-refractivity contribution in [2.75, 3.05) is 19.7 Å². The number of furan rings is 1. The van der Waals surface area contributed by atoms with E-state index in [0.29, 0.717) is 18.8 Å². The summed E-state index contributed by atoms with van der Waals surface area (Å²) in [4.78, 5) is 52.7. The monoisotopic (exact) mass is 426 g/mol. The SMILES string of the molecule is CC1CN(C(=O)COC(=O)c2ccc3c(c2)C(=O)N(Cc2ccco2)C3=O)CC(C)O1. The summed E-state index contributed by atoms with van der Waals surface area (Å²) in [6.45, 7) is 4.21. The molecular formula is C22H22N2O7. The number of carbonyl (C=O) groups excluding carboxylic acids is 4. The molecule has 2 aliphatic rings. The number of hydrogen-bond acceptors (Lipinski definition) is 7. The first-order chi connectivity index (χ1) is 14.8. The lowest BCUT2D eigenvalue weighted by atomic mass is 10.1. The van der Waals surface area contributed by atoms with E-state index in [0.717, 1.165) is 4.90 Å². The van der Waals surface area contributed by atoms with Crippen LogP contribution in [0.25, 0.3) is 0 Å². The molecule has 1 fully saturated rings. The molecule has 9 nitrogen and oxygen atoms in total. The van der Waals surface area contributed by atoms with Crippen LogP contribution in [0.4, 0.5) is 0 Å². The molecule has 1 aromatic carbocycles. The Morgan fingerprint density at radius 2 is 1.77 bits per heavy atom. The zero-order valence-corrected chi connectivity index (χ0v) is 17.2. The summed E-state index contributed by atoms with van der Waals surface area (Å²) in [6.07, 6.45) is 1.28. The van der Waals surface area contributed by atoms with Crippen molar-refractivity contribution in [3.05, 3.63) is 59.0 Å². The van der Waals surface area contributed by atoms with Crippen LogP contribution in [0.15, 0.2) is 41.0 Å². The van der Waals surface area contributed by atoms with E-state index in [-0.39, 0.29) is 41.4 Å². The average molecular weight is 426 g/mol.